The molecule has 5 rings (SSSR count). The minimum absolute atomic E-state index is 0.0680. The van der Waals surface area contributed by atoms with Crippen LogP contribution in [0.2, 0.25) is 0 Å². The molecule has 1 heterocycles. The van der Waals surface area contributed by atoms with Crippen molar-refractivity contribution in [2.24, 2.45) is 0 Å². The molecule has 3 aromatic carbocycles. The lowest BCUT2D eigenvalue weighted by Gasteiger charge is -2.25. The largest absolute Gasteiger partial charge is 0.462 e. The third kappa shape index (κ3) is 8.37. The Bertz CT molecular complexity index is 1830. The molecule has 1 aliphatic carbocycles. The van der Waals surface area contributed by atoms with Gasteiger partial charge in [0.05, 0.1) is 62.6 Å². The maximum absolute atomic E-state index is 13.7. The summed E-state index contributed by atoms with van der Waals surface area (Å²) in [4.78, 5) is 25.0. The molecule has 1 aliphatic rings. The normalized spacial score (nSPS) is 13.1. The molecule has 1 amide bonds. The van der Waals surface area contributed by atoms with Crippen molar-refractivity contribution in [2.45, 2.75) is 32.1 Å². The van der Waals surface area contributed by atoms with E-state index in [-0.39, 0.29) is 43.3 Å². The van der Waals surface area contributed by atoms with Gasteiger partial charge in [-0.1, -0.05) is 12.1 Å². The number of nitrogens with zero attached hydrogens (tertiary/aromatic N) is 1. The SMILES string of the molecule is CCOC(=O)c1cccc(CCOCCOCCN(c2cc3oc(-c4ccc(F)cc4)c(C(=O)NC)c3cc2C2CC2)S(C)(=O)=O)c1. The van der Waals surface area contributed by atoms with Crippen LogP contribution >= 0.6 is 0 Å². The van der Waals surface area contributed by atoms with Crippen molar-refractivity contribution < 1.29 is 41.0 Å². The quantitative estimate of drug-likeness (QED) is 0.119. The molecule has 0 unspecified atom stereocenters. The summed E-state index contributed by atoms with van der Waals surface area (Å²) >= 11 is 0. The van der Waals surface area contributed by atoms with Gasteiger partial charge in [0, 0.05) is 24.1 Å². The van der Waals surface area contributed by atoms with Gasteiger partial charge in [0.2, 0.25) is 10.0 Å². The van der Waals surface area contributed by atoms with Crippen LogP contribution in [0.15, 0.2) is 65.1 Å². The number of benzene rings is 3. The predicted octanol–water partition coefficient (Wildman–Crippen LogP) is 5.69. The molecule has 0 spiro atoms. The summed E-state index contributed by atoms with van der Waals surface area (Å²) in [6.07, 6.45) is 3.55. The fourth-order valence-corrected chi connectivity index (χ4v) is 6.36. The molecule has 1 fully saturated rings. The molecule has 1 N–H and O–H groups in total. The van der Waals surface area contributed by atoms with E-state index in [2.05, 4.69) is 5.32 Å². The minimum Gasteiger partial charge on any atom is -0.462 e. The number of carbonyl (C=O) groups excluding carboxylic acids is 2. The van der Waals surface area contributed by atoms with Gasteiger partial charge in [-0.2, -0.15) is 0 Å². The minimum atomic E-state index is -3.72. The molecule has 1 saturated carbocycles. The smallest absolute Gasteiger partial charge is 0.338 e. The Kier molecular flexibility index (Phi) is 10.9. The number of furan rings is 1. The maximum Gasteiger partial charge on any atom is 0.338 e. The number of ether oxygens (including phenoxy) is 3. The van der Waals surface area contributed by atoms with Gasteiger partial charge in [-0.3, -0.25) is 9.10 Å². The molecule has 12 heteroatoms. The van der Waals surface area contributed by atoms with Crippen LogP contribution in [0.3, 0.4) is 0 Å². The zero-order chi connectivity index (χ0) is 33.6. The van der Waals surface area contributed by atoms with E-state index in [4.69, 9.17) is 18.6 Å². The van der Waals surface area contributed by atoms with Crippen LogP contribution in [-0.4, -0.2) is 73.2 Å². The van der Waals surface area contributed by atoms with E-state index in [0.717, 1.165) is 30.2 Å². The monoisotopic (exact) mass is 666 g/mol. The molecule has 0 radical (unpaired) electrons. The highest BCUT2D eigenvalue weighted by Crippen LogP contribution is 2.48. The molecule has 0 saturated heterocycles. The Morgan fingerprint density at radius 1 is 1.00 bits per heavy atom. The number of fused-ring (bicyclic) bond motifs is 1. The second-order valence-electron chi connectivity index (χ2n) is 11.3. The van der Waals surface area contributed by atoms with Gasteiger partial charge in [0.15, 0.2) is 0 Å². The van der Waals surface area contributed by atoms with E-state index in [1.54, 1.807) is 25.1 Å². The zero-order valence-corrected chi connectivity index (χ0v) is 27.5. The van der Waals surface area contributed by atoms with E-state index in [0.29, 0.717) is 59.6 Å². The number of hydrogen-bond donors (Lipinski definition) is 1. The molecule has 1 aromatic heterocycles. The van der Waals surface area contributed by atoms with Gasteiger partial charge in [0.25, 0.3) is 5.91 Å². The van der Waals surface area contributed by atoms with E-state index in [9.17, 15) is 22.4 Å². The number of esters is 1. The first-order chi connectivity index (χ1) is 22.6. The Labute approximate surface area is 273 Å². The van der Waals surface area contributed by atoms with Crippen molar-refractivity contribution in [3.63, 3.8) is 0 Å². The van der Waals surface area contributed by atoms with Crippen molar-refractivity contribution in [3.8, 4) is 11.3 Å². The molecular weight excluding hydrogens is 627 g/mol. The van der Waals surface area contributed by atoms with Crippen molar-refractivity contribution in [1.82, 2.24) is 5.32 Å². The molecule has 4 aromatic rings. The van der Waals surface area contributed by atoms with Crippen molar-refractivity contribution in [2.75, 3.05) is 57.2 Å². The van der Waals surface area contributed by atoms with Crippen LogP contribution in [0.5, 0.6) is 0 Å². The zero-order valence-electron chi connectivity index (χ0n) is 26.7. The van der Waals surface area contributed by atoms with E-state index in [1.165, 1.54) is 35.6 Å². The van der Waals surface area contributed by atoms with Crippen LogP contribution in [0, 0.1) is 5.82 Å². The van der Waals surface area contributed by atoms with Gasteiger partial charge >= 0.3 is 5.97 Å². The highest BCUT2D eigenvalue weighted by molar-refractivity contribution is 7.92. The van der Waals surface area contributed by atoms with Gasteiger partial charge in [-0.15, -0.1) is 0 Å². The fraction of sp³-hybridized carbons (Fsp3) is 0.371. The van der Waals surface area contributed by atoms with E-state index >= 15 is 0 Å². The summed E-state index contributed by atoms with van der Waals surface area (Å²) in [5.41, 5.74) is 3.93. The molecule has 10 nitrogen and oxygen atoms in total. The lowest BCUT2D eigenvalue weighted by molar-refractivity contribution is 0.0517. The predicted molar refractivity (Wildman–Crippen MR) is 177 cm³/mol. The van der Waals surface area contributed by atoms with Gasteiger partial charge < -0.3 is 23.9 Å². The molecule has 0 aliphatic heterocycles. The second-order valence-corrected chi connectivity index (χ2v) is 13.2. The summed E-state index contributed by atoms with van der Waals surface area (Å²) in [5.74, 6) is -0.714. The van der Waals surface area contributed by atoms with Crippen molar-refractivity contribution in [3.05, 3.63) is 88.7 Å². The number of carbonyl (C=O) groups is 2. The Hall–Kier alpha value is -4.26. The summed E-state index contributed by atoms with van der Waals surface area (Å²) in [6.45, 7) is 3.28. The Morgan fingerprint density at radius 3 is 2.38 bits per heavy atom. The van der Waals surface area contributed by atoms with Crippen LogP contribution < -0.4 is 9.62 Å². The van der Waals surface area contributed by atoms with Gasteiger partial charge in [0.1, 0.15) is 17.2 Å². The van der Waals surface area contributed by atoms with Crippen LogP contribution in [-0.2, 0) is 30.7 Å². The summed E-state index contributed by atoms with van der Waals surface area (Å²) in [7, 11) is -2.19. The van der Waals surface area contributed by atoms with Crippen LogP contribution in [0.1, 0.15) is 57.5 Å². The number of rotatable bonds is 16. The summed E-state index contributed by atoms with van der Waals surface area (Å²) < 4.78 is 63.8. The fourth-order valence-electron chi connectivity index (χ4n) is 5.43. The highest BCUT2D eigenvalue weighted by atomic mass is 32.2. The Balaban J connectivity index is 1.26. The number of hydrogen-bond acceptors (Lipinski definition) is 8. The lowest BCUT2D eigenvalue weighted by Crippen LogP contribution is -2.34. The van der Waals surface area contributed by atoms with Crippen molar-refractivity contribution >= 4 is 38.6 Å². The molecule has 0 atom stereocenters. The number of nitrogens with one attached hydrogen (secondary N) is 1. The highest BCUT2D eigenvalue weighted by Gasteiger charge is 2.33. The first-order valence-corrected chi connectivity index (χ1v) is 17.4. The molecular formula is C35H39FN2O8S. The lowest BCUT2D eigenvalue weighted by atomic mass is 10.0. The molecule has 250 valence electrons. The molecule has 47 heavy (non-hydrogen) atoms. The van der Waals surface area contributed by atoms with E-state index in [1.807, 2.05) is 18.2 Å². The van der Waals surface area contributed by atoms with Crippen LogP contribution in [0.25, 0.3) is 22.3 Å². The summed E-state index contributed by atoms with van der Waals surface area (Å²) in [6, 6.07) is 16.4. The topological polar surface area (TPSA) is 124 Å². The second kappa shape index (κ2) is 15.1. The van der Waals surface area contributed by atoms with E-state index < -0.39 is 15.8 Å². The molecule has 0 bridgehead atoms. The first kappa shape index (κ1) is 34.1. The third-order valence-corrected chi connectivity index (χ3v) is 9.05. The standard InChI is InChI=1S/C35H39FN2O8S/c1-4-45-35(40)26-7-5-6-23(20-26)14-16-43-18-19-44-17-15-38(47(3,41)42)30-22-31-29(21-28(30)24-8-9-24)32(34(39)37-2)33(46-31)25-10-12-27(36)13-11-25/h5-7,10-13,20-22,24H,4,8-9,14-19H2,1-3H3,(H,37,39). The number of anilines is 1. The van der Waals surface area contributed by atoms with Crippen LogP contribution in [0.4, 0.5) is 10.1 Å². The van der Waals surface area contributed by atoms with Gasteiger partial charge in [-0.05, 0) is 85.7 Å². The van der Waals surface area contributed by atoms with Crippen molar-refractivity contribution in [1.29, 1.82) is 0 Å². The first-order valence-electron chi connectivity index (χ1n) is 15.6. The average Bonchev–Trinajstić information content (AvgIpc) is 3.83. The maximum atomic E-state index is 13.7. The van der Waals surface area contributed by atoms with Gasteiger partial charge in [-0.25, -0.2) is 17.6 Å². The number of sulfonamides is 1. The Morgan fingerprint density at radius 2 is 1.72 bits per heavy atom. The number of amides is 1. The number of halogens is 1. The third-order valence-electron chi connectivity index (χ3n) is 7.87. The summed E-state index contributed by atoms with van der Waals surface area (Å²) in [5, 5.41) is 3.21. The average molecular weight is 667 g/mol.